The van der Waals surface area contributed by atoms with Gasteiger partial charge in [-0.2, -0.15) is 0 Å². The molecule has 2 rings (SSSR count). The standard InChI is InChI=1S/C15H23N3O3/c1-15(2,3)11(14(20)21-4)17-13(19)10-6-5-8-18-9-7-16-12(10)18/h7,9-11H,5-6,8H2,1-4H3,(H,17,19)/t10-,11-/m1/s1. The highest BCUT2D eigenvalue weighted by Crippen LogP contribution is 2.27. The van der Waals surface area contributed by atoms with Crippen molar-refractivity contribution in [2.45, 2.75) is 52.1 Å². The van der Waals surface area contributed by atoms with Crippen LogP contribution in [0.1, 0.15) is 45.4 Å². The molecule has 1 aromatic rings. The zero-order chi connectivity index (χ0) is 15.6. The van der Waals surface area contributed by atoms with E-state index < -0.39 is 17.4 Å². The Hall–Kier alpha value is -1.85. The topological polar surface area (TPSA) is 73.2 Å². The van der Waals surface area contributed by atoms with Crippen LogP contribution >= 0.6 is 0 Å². The summed E-state index contributed by atoms with van der Waals surface area (Å²) in [5.41, 5.74) is -0.410. The number of amides is 1. The van der Waals surface area contributed by atoms with Gasteiger partial charge in [-0.3, -0.25) is 4.79 Å². The average Bonchev–Trinajstić information content (AvgIpc) is 2.90. The Morgan fingerprint density at radius 1 is 1.48 bits per heavy atom. The minimum absolute atomic E-state index is 0.160. The van der Waals surface area contributed by atoms with Crippen LogP contribution in [0.15, 0.2) is 12.4 Å². The lowest BCUT2D eigenvalue weighted by Gasteiger charge is -2.31. The van der Waals surface area contributed by atoms with Crippen LogP contribution in [-0.2, 0) is 20.9 Å². The zero-order valence-electron chi connectivity index (χ0n) is 13.0. The molecule has 1 aliphatic rings. The molecule has 0 saturated carbocycles. The van der Waals surface area contributed by atoms with E-state index in [1.807, 2.05) is 31.5 Å². The molecule has 1 aliphatic heterocycles. The molecule has 21 heavy (non-hydrogen) atoms. The zero-order valence-corrected chi connectivity index (χ0v) is 13.0. The number of carbonyl (C=O) groups excluding carboxylic acids is 2. The van der Waals surface area contributed by atoms with E-state index in [2.05, 4.69) is 10.3 Å². The number of nitrogens with one attached hydrogen (secondary N) is 1. The van der Waals surface area contributed by atoms with Gasteiger partial charge in [-0.05, 0) is 18.3 Å². The summed E-state index contributed by atoms with van der Waals surface area (Å²) in [4.78, 5) is 28.8. The Kier molecular flexibility index (Phi) is 4.34. The van der Waals surface area contributed by atoms with Gasteiger partial charge in [0.1, 0.15) is 11.9 Å². The molecule has 0 spiro atoms. The van der Waals surface area contributed by atoms with Crippen molar-refractivity contribution < 1.29 is 14.3 Å². The first-order valence-electron chi connectivity index (χ1n) is 7.24. The molecule has 2 atom stereocenters. The number of aryl methyl sites for hydroxylation is 1. The third-order valence-electron chi connectivity index (χ3n) is 3.86. The molecular weight excluding hydrogens is 270 g/mol. The van der Waals surface area contributed by atoms with Crippen molar-refractivity contribution >= 4 is 11.9 Å². The third kappa shape index (κ3) is 3.25. The Morgan fingerprint density at radius 3 is 2.81 bits per heavy atom. The van der Waals surface area contributed by atoms with E-state index >= 15 is 0 Å². The van der Waals surface area contributed by atoms with E-state index in [4.69, 9.17) is 4.74 Å². The molecule has 0 fully saturated rings. The van der Waals surface area contributed by atoms with E-state index in [-0.39, 0.29) is 11.8 Å². The first-order valence-corrected chi connectivity index (χ1v) is 7.24. The van der Waals surface area contributed by atoms with Crippen molar-refractivity contribution in [2.24, 2.45) is 5.41 Å². The SMILES string of the molecule is COC(=O)[C@@H](NC(=O)[C@@H]1CCCn2ccnc21)C(C)(C)C. The average molecular weight is 293 g/mol. The molecule has 0 radical (unpaired) electrons. The van der Waals surface area contributed by atoms with Crippen LogP contribution < -0.4 is 5.32 Å². The highest BCUT2D eigenvalue weighted by atomic mass is 16.5. The molecule has 116 valence electrons. The van der Waals surface area contributed by atoms with Crippen molar-refractivity contribution in [1.29, 1.82) is 0 Å². The number of carbonyl (C=O) groups is 2. The molecule has 0 bridgehead atoms. The lowest BCUT2D eigenvalue weighted by Crippen LogP contribution is -2.51. The van der Waals surface area contributed by atoms with Crippen LogP contribution in [0, 0.1) is 5.41 Å². The fourth-order valence-corrected chi connectivity index (χ4v) is 2.65. The number of hydrogen-bond donors (Lipinski definition) is 1. The number of esters is 1. The highest BCUT2D eigenvalue weighted by molar-refractivity contribution is 5.88. The van der Waals surface area contributed by atoms with E-state index in [9.17, 15) is 9.59 Å². The Morgan fingerprint density at radius 2 is 2.19 bits per heavy atom. The fourth-order valence-electron chi connectivity index (χ4n) is 2.65. The first-order chi connectivity index (χ1) is 9.84. The Bertz CT molecular complexity index is 531. The molecule has 1 aromatic heterocycles. The number of ether oxygens (including phenoxy) is 1. The number of fused-ring (bicyclic) bond motifs is 1. The van der Waals surface area contributed by atoms with Gasteiger partial charge in [0.15, 0.2) is 0 Å². The second-order valence-corrected chi connectivity index (χ2v) is 6.50. The van der Waals surface area contributed by atoms with E-state index in [0.717, 1.165) is 25.2 Å². The van der Waals surface area contributed by atoms with Crippen LogP contribution in [-0.4, -0.2) is 34.6 Å². The monoisotopic (exact) mass is 293 g/mol. The molecule has 1 N–H and O–H groups in total. The second-order valence-electron chi connectivity index (χ2n) is 6.50. The molecule has 0 aliphatic carbocycles. The van der Waals surface area contributed by atoms with Gasteiger partial charge in [0, 0.05) is 18.9 Å². The number of aromatic nitrogens is 2. The predicted octanol–water partition coefficient (Wildman–Crippen LogP) is 1.46. The molecule has 6 nitrogen and oxygen atoms in total. The molecule has 0 aromatic carbocycles. The minimum Gasteiger partial charge on any atom is -0.467 e. The summed E-state index contributed by atoms with van der Waals surface area (Å²) in [6.45, 7) is 6.59. The quantitative estimate of drug-likeness (QED) is 0.856. The Balaban J connectivity index is 2.16. The third-order valence-corrected chi connectivity index (χ3v) is 3.86. The van der Waals surface area contributed by atoms with Crippen molar-refractivity contribution in [3.63, 3.8) is 0 Å². The normalized spacial score (nSPS) is 19.5. The van der Waals surface area contributed by atoms with Gasteiger partial charge in [0.05, 0.1) is 13.0 Å². The van der Waals surface area contributed by atoms with Crippen molar-refractivity contribution in [3.05, 3.63) is 18.2 Å². The smallest absolute Gasteiger partial charge is 0.328 e. The number of rotatable bonds is 3. The van der Waals surface area contributed by atoms with Crippen molar-refractivity contribution in [1.82, 2.24) is 14.9 Å². The second kappa shape index (κ2) is 5.87. The van der Waals surface area contributed by atoms with Crippen LogP contribution in [0.25, 0.3) is 0 Å². The lowest BCUT2D eigenvalue weighted by atomic mass is 9.86. The molecular formula is C15H23N3O3. The van der Waals surface area contributed by atoms with Crippen molar-refractivity contribution in [2.75, 3.05) is 7.11 Å². The molecule has 1 amide bonds. The Labute approximate surface area is 124 Å². The molecule has 0 unspecified atom stereocenters. The van der Waals surface area contributed by atoms with E-state index in [1.165, 1.54) is 7.11 Å². The maximum atomic E-state index is 12.6. The highest BCUT2D eigenvalue weighted by Gasteiger charge is 2.37. The van der Waals surface area contributed by atoms with Gasteiger partial charge in [0.2, 0.25) is 5.91 Å². The van der Waals surface area contributed by atoms with Gasteiger partial charge in [-0.15, -0.1) is 0 Å². The number of hydrogen-bond acceptors (Lipinski definition) is 4. The van der Waals surface area contributed by atoms with Gasteiger partial charge in [0.25, 0.3) is 0 Å². The lowest BCUT2D eigenvalue weighted by molar-refractivity contribution is -0.148. The van der Waals surface area contributed by atoms with Gasteiger partial charge in [-0.25, -0.2) is 9.78 Å². The van der Waals surface area contributed by atoms with Crippen LogP contribution in [0.4, 0.5) is 0 Å². The van der Waals surface area contributed by atoms with Gasteiger partial charge >= 0.3 is 5.97 Å². The van der Waals surface area contributed by atoms with Gasteiger partial charge in [-0.1, -0.05) is 20.8 Å². The van der Waals surface area contributed by atoms with E-state index in [0.29, 0.717) is 0 Å². The summed E-state index contributed by atoms with van der Waals surface area (Å²) < 4.78 is 6.81. The first kappa shape index (κ1) is 15.5. The maximum absolute atomic E-state index is 12.6. The summed E-state index contributed by atoms with van der Waals surface area (Å²) in [6, 6.07) is -0.666. The molecule has 2 heterocycles. The maximum Gasteiger partial charge on any atom is 0.328 e. The van der Waals surface area contributed by atoms with Crippen LogP contribution in [0.2, 0.25) is 0 Å². The summed E-state index contributed by atoms with van der Waals surface area (Å²) >= 11 is 0. The fraction of sp³-hybridized carbons (Fsp3) is 0.667. The summed E-state index contributed by atoms with van der Waals surface area (Å²) in [5, 5.41) is 2.84. The predicted molar refractivity (Wildman–Crippen MR) is 77.6 cm³/mol. The summed E-state index contributed by atoms with van der Waals surface area (Å²) in [5.74, 6) is -0.109. The molecule has 6 heteroatoms. The van der Waals surface area contributed by atoms with Crippen LogP contribution in [0.5, 0.6) is 0 Å². The van der Waals surface area contributed by atoms with Crippen molar-refractivity contribution in [3.8, 4) is 0 Å². The number of nitrogens with zero attached hydrogens (tertiary/aromatic N) is 2. The number of imidazole rings is 1. The van der Waals surface area contributed by atoms with Gasteiger partial charge < -0.3 is 14.6 Å². The minimum atomic E-state index is -0.666. The number of methoxy groups -OCH3 is 1. The van der Waals surface area contributed by atoms with Crippen LogP contribution in [0.3, 0.4) is 0 Å². The largest absolute Gasteiger partial charge is 0.467 e. The summed E-state index contributed by atoms with van der Waals surface area (Å²) in [6.07, 6.45) is 5.28. The summed E-state index contributed by atoms with van der Waals surface area (Å²) in [7, 11) is 1.33. The molecule has 0 saturated heterocycles. The van der Waals surface area contributed by atoms with E-state index in [1.54, 1.807) is 6.20 Å².